The summed E-state index contributed by atoms with van der Waals surface area (Å²) in [5, 5.41) is 10.3. The monoisotopic (exact) mass is 258 g/mol. The summed E-state index contributed by atoms with van der Waals surface area (Å²) < 4.78 is 17.0. The van der Waals surface area contributed by atoms with Gasteiger partial charge in [-0.3, -0.25) is 0 Å². The quantitative estimate of drug-likeness (QED) is 0.838. The highest BCUT2D eigenvalue weighted by Gasteiger charge is 2.42. The zero-order chi connectivity index (χ0) is 13.2. The maximum atomic E-state index is 10.3. The van der Waals surface area contributed by atoms with Crippen molar-refractivity contribution in [1.29, 1.82) is 0 Å². The van der Waals surface area contributed by atoms with E-state index < -0.39 is 6.10 Å². The van der Waals surface area contributed by atoms with Crippen molar-refractivity contribution in [2.45, 2.75) is 57.3 Å². The van der Waals surface area contributed by atoms with Crippen LogP contribution in [0, 0.1) is 5.92 Å². The molecule has 0 radical (unpaired) electrons. The highest BCUT2D eigenvalue weighted by Crippen LogP contribution is 2.37. The minimum absolute atomic E-state index is 0.133. The second-order valence-electron chi connectivity index (χ2n) is 6.58. The van der Waals surface area contributed by atoms with Gasteiger partial charge in [0.2, 0.25) is 0 Å². The Morgan fingerprint density at radius 2 is 2.17 bits per heavy atom. The first-order valence-electron chi connectivity index (χ1n) is 6.94. The molecule has 2 rings (SSSR count). The summed E-state index contributed by atoms with van der Waals surface area (Å²) in [6.07, 6.45) is 2.36. The van der Waals surface area contributed by atoms with Crippen molar-refractivity contribution in [1.82, 2.24) is 0 Å². The summed E-state index contributed by atoms with van der Waals surface area (Å²) in [7, 11) is 0. The summed E-state index contributed by atoms with van der Waals surface area (Å²) in [5.41, 5.74) is -0.327. The Bertz CT molecular complexity index is 265. The number of rotatable bonds is 3. The van der Waals surface area contributed by atoms with Gasteiger partial charge in [-0.1, -0.05) is 0 Å². The van der Waals surface area contributed by atoms with E-state index in [2.05, 4.69) is 0 Å². The van der Waals surface area contributed by atoms with Crippen LogP contribution in [0.25, 0.3) is 0 Å². The molecule has 0 bridgehead atoms. The molecule has 0 aliphatic carbocycles. The topological polar surface area (TPSA) is 47.9 Å². The van der Waals surface area contributed by atoms with E-state index in [1.54, 1.807) is 0 Å². The van der Waals surface area contributed by atoms with E-state index in [1.165, 1.54) is 0 Å². The van der Waals surface area contributed by atoms with Gasteiger partial charge < -0.3 is 19.3 Å². The van der Waals surface area contributed by atoms with Gasteiger partial charge in [-0.15, -0.1) is 0 Å². The third-order valence-electron chi connectivity index (χ3n) is 3.83. The molecule has 0 aromatic heterocycles. The number of aliphatic hydroxyl groups is 1. The molecule has 0 saturated carbocycles. The SMILES string of the molecule is CC(C)(C)OCC(O)C1CCOC2(CCOC2)C1. The van der Waals surface area contributed by atoms with Crippen molar-refractivity contribution >= 4 is 0 Å². The van der Waals surface area contributed by atoms with Crippen molar-refractivity contribution in [2.75, 3.05) is 26.4 Å². The van der Waals surface area contributed by atoms with Crippen LogP contribution < -0.4 is 0 Å². The van der Waals surface area contributed by atoms with Gasteiger partial charge in [0.05, 0.1) is 30.5 Å². The minimum atomic E-state index is -0.398. The van der Waals surface area contributed by atoms with E-state index in [0.29, 0.717) is 13.2 Å². The van der Waals surface area contributed by atoms with Crippen molar-refractivity contribution in [3.63, 3.8) is 0 Å². The lowest BCUT2D eigenvalue weighted by Gasteiger charge is -2.39. The van der Waals surface area contributed by atoms with Crippen molar-refractivity contribution < 1.29 is 19.3 Å². The summed E-state index contributed by atoms with van der Waals surface area (Å²) >= 11 is 0. The van der Waals surface area contributed by atoms with Crippen LogP contribution in [0.1, 0.15) is 40.0 Å². The lowest BCUT2D eigenvalue weighted by atomic mass is 9.82. The second-order valence-corrected chi connectivity index (χ2v) is 6.58. The van der Waals surface area contributed by atoms with Gasteiger partial charge in [0.25, 0.3) is 0 Å². The lowest BCUT2D eigenvalue weighted by Crippen LogP contribution is -2.45. The van der Waals surface area contributed by atoms with Crippen molar-refractivity contribution in [3.8, 4) is 0 Å². The molecule has 3 unspecified atom stereocenters. The minimum Gasteiger partial charge on any atom is -0.390 e. The average molecular weight is 258 g/mol. The number of aliphatic hydroxyl groups excluding tert-OH is 1. The number of hydrogen-bond donors (Lipinski definition) is 1. The summed E-state index contributed by atoms with van der Waals surface area (Å²) in [4.78, 5) is 0. The van der Waals surface area contributed by atoms with Crippen LogP contribution in [0.4, 0.5) is 0 Å². The van der Waals surface area contributed by atoms with Crippen LogP contribution in [0.5, 0.6) is 0 Å². The molecule has 2 heterocycles. The number of hydrogen-bond acceptors (Lipinski definition) is 4. The Morgan fingerprint density at radius 1 is 1.39 bits per heavy atom. The van der Waals surface area contributed by atoms with E-state index in [4.69, 9.17) is 14.2 Å². The molecule has 2 saturated heterocycles. The van der Waals surface area contributed by atoms with Crippen LogP contribution in [-0.4, -0.2) is 48.8 Å². The molecule has 0 amide bonds. The zero-order valence-corrected chi connectivity index (χ0v) is 11.8. The van der Waals surface area contributed by atoms with Gasteiger partial charge in [0.15, 0.2) is 0 Å². The molecule has 0 aromatic carbocycles. The molecule has 3 atom stereocenters. The molecule has 2 aliphatic heterocycles. The van der Waals surface area contributed by atoms with Gasteiger partial charge in [-0.2, -0.15) is 0 Å². The third-order valence-corrected chi connectivity index (χ3v) is 3.83. The van der Waals surface area contributed by atoms with Crippen LogP contribution >= 0.6 is 0 Å². The van der Waals surface area contributed by atoms with Gasteiger partial charge in [0, 0.05) is 19.6 Å². The van der Waals surface area contributed by atoms with Gasteiger partial charge in [-0.05, 0) is 39.5 Å². The normalized spacial score (nSPS) is 35.0. The van der Waals surface area contributed by atoms with E-state index >= 15 is 0 Å². The van der Waals surface area contributed by atoms with Crippen LogP contribution in [0.3, 0.4) is 0 Å². The largest absolute Gasteiger partial charge is 0.390 e. The molecule has 0 aromatic rings. The van der Waals surface area contributed by atoms with Crippen LogP contribution in [0.2, 0.25) is 0 Å². The summed E-state index contributed by atoms with van der Waals surface area (Å²) in [6, 6.07) is 0. The second kappa shape index (κ2) is 5.45. The van der Waals surface area contributed by atoms with Gasteiger partial charge in [-0.25, -0.2) is 0 Å². The van der Waals surface area contributed by atoms with Crippen molar-refractivity contribution in [3.05, 3.63) is 0 Å². The molecule has 2 fully saturated rings. The smallest absolute Gasteiger partial charge is 0.0940 e. The predicted octanol–water partition coefficient (Wildman–Crippen LogP) is 1.75. The Balaban J connectivity index is 1.84. The molecule has 1 N–H and O–H groups in total. The van der Waals surface area contributed by atoms with E-state index in [-0.39, 0.29) is 17.1 Å². The Hall–Kier alpha value is -0.160. The third kappa shape index (κ3) is 3.67. The maximum Gasteiger partial charge on any atom is 0.0940 e. The zero-order valence-electron chi connectivity index (χ0n) is 11.8. The molecule has 2 aliphatic rings. The van der Waals surface area contributed by atoms with Crippen molar-refractivity contribution in [2.24, 2.45) is 5.92 Å². The number of ether oxygens (including phenoxy) is 3. The first-order valence-corrected chi connectivity index (χ1v) is 6.94. The average Bonchev–Trinajstić information content (AvgIpc) is 2.73. The molecule has 106 valence electrons. The summed E-state index contributed by atoms with van der Waals surface area (Å²) in [6.45, 7) is 8.62. The Labute approximate surface area is 110 Å². The highest BCUT2D eigenvalue weighted by atomic mass is 16.6. The predicted molar refractivity (Wildman–Crippen MR) is 68.6 cm³/mol. The van der Waals surface area contributed by atoms with E-state index in [1.807, 2.05) is 20.8 Å². The van der Waals surface area contributed by atoms with E-state index in [0.717, 1.165) is 32.5 Å². The molecule has 4 nitrogen and oxygen atoms in total. The Morgan fingerprint density at radius 3 is 2.78 bits per heavy atom. The van der Waals surface area contributed by atoms with Gasteiger partial charge >= 0.3 is 0 Å². The Kier molecular flexibility index (Phi) is 4.32. The fourth-order valence-corrected chi connectivity index (χ4v) is 2.73. The summed E-state index contributed by atoms with van der Waals surface area (Å²) in [5.74, 6) is 0.266. The highest BCUT2D eigenvalue weighted by molar-refractivity contribution is 4.92. The van der Waals surface area contributed by atoms with E-state index in [9.17, 15) is 5.11 Å². The fraction of sp³-hybridized carbons (Fsp3) is 1.00. The van der Waals surface area contributed by atoms with Gasteiger partial charge in [0.1, 0.15) is 0 Å². The van der Waals surface area contributed by atoms with Crippen LogP contribution in [0.15, 0.2) is 0 Å². The molecular weight excluding hydrogens is 232 g/mol. The van der Waals surface area contributed by atoms with Crippen LogP contribution in [-0.2, 0) is 14.2 Å². The lowest BCUT2D eigenvalue weighted by molar-refractivity contribution is -0.133. The molecular formula is C14H26O4. The fourth-order valence-electron chi connectivity index (χ4n) is 2.73. The maximum absolute atomic E-state index is 10.3. The first-order chi connectivity index (χ1) is 8.40. The molecule has 4 heteroatoms. The molecule has 1 spiro atoms. The molecule has 18 heavy (non-hydrogen) atoms. The standard InChI is InChI=1S/C14H26O4/c1-13(2,3)18-9-12(15)11-4-6-17-14(8-11)5-7-16-10-14/h11-12,15H,4-10H2,1-3H3. The first kappa shape index (κ1) is 14.3.